The minimum absolute atomic E-state index is 0.186. The lowest BCUT2D eigenvalue weighted by molar-refractivity contribution is 0.573. The van der Waals surface area contributed by atoms with Gasteiger partial charge in [0.2, 0.25) is 0 Å². The molecule has 0 saturated carbocycles. The van der Waals surface area contributed by atoms with Crippen LogP contribution < -0.4 is 5.73 Å². The topological polar surface area (TPSA) is 38.9 Å². The van der Waals surface area contributed by atoms with Crippen molar-refractivity contribution in [1.82, 2.24) is 4.98 Å². The van der Waals surface area contributed by atoms with E-state index in [1.165, 1.54) is 10.6 Å². The Morgan fingerprint density at radius 3 is 2.94 bits per heavy atom. The summed E-state index contributed by atoms with van der Waals surface area (Å²) in [5.41, 5.74) is 7.29. The van der Waals surface area contributed by atoms with Gasteiger partial charge in [0.1, 0.15) is 5.01 Å². The fourth-order valence-electron chi connectivity index (χ4n) is 1.99. The van der Waals surface area contributed by atoms with Gasteiger partial charge in [-0.3, -0.25) is 0 Å². The van der Waals surface area contributed by atoms with Crippen molar-refractivity contribution in [3.63, 3.8) is 0 Å². The molecule has 0 fully saturated rings. The summed E-state index contributed by atoms with van der Waals surface area (Å²) in [4.78, 5) is 7.09. The molecule has 1 aliphatic carbocycles. The van der Waals surface area contributed by atoms with Gasteiger partial charge in [0.05, 0.1) is 14.9 Å². The summed E-state index contributed by atoms with van der Waals surface area (Å²) in [5, 5.41) is 1.07. The first-order valence-corrected chi connectivity index (χ1v) is 7.26. The molecule has 16 heavy (non-hydrogen) atoms. The summed E-state index contributed by atoms with van der Waals surface area (Å²) in [5.74, 6) is 0. The minimum Gasteiger partial charge on any atom is -0.323 e. The normalized spacial score (nSPS) is 19.8. The molecule has 2 heterocycles. The van der Waals surface area contributed by atoms with Gasteiger partial charge in [0.25, 0.3) is 0 Å². The van der Waals surface area contributed by atoms with Gasteiger partial charge in [-0.1, -0.05) is 11.6 Å². The van der Waals surface area contributed by atoms with Gasteiger partial charge in [-0.2, -0.15) is 0 Å². The smallest absolute Gasteiger partial charge is 0.134 e. The minimum atomic E-state index is 0.186. The first-order chi connectivity index (χ1) is 7.74. The number of nitrogens with zero attached hydrogens (tertiary/aromatic N) is 1. The second-order valence-corrected chi connectivity index (χ2v) is 6.68. The van der Waals surface area contributed by atoms with E-state index in [1.54, 1.807) is 22.7 Å². The molecule has 0 saturated heterocycles. The van der Waals surface area contributed by atoms with Crippen LogP contribution in [0.2, 0.25) is 4.34 Å². The molecule has 3 rings (SSSR count). The van der Waals surface area contributed by atoms with Gasteiger partial charge >= 0.3 is 0 Å². The Morgan fingerprint density at radius 1 is 1.38 bits per heavy atom. The molecule has 2 aromatic heterocycles. The molecule has 1 atom stereocenters. The summed E-state index contributed by atoms with van der Waals surface area (Å²) >= 11 is 9.24. The zero-order valence-corrected chi connectivity index (χ0v) is 11.0. The molecule has 0 amide bonds. The van der Waals surface area contributed by atoms with Crippen LogP contribution in [-0.4, -0.2) is 4.98 Å². The summed E-state index contributed by atoms with van der Waals surface area (Å²) in [7, 11) is 0. The second kappa shape index (κ2) is 4.11. The number of thiophene rings is 1. The van der Waals surface area contributed by atoms with Gasteiger partial charge < -0.3 is 5.73 Å². The van der Waals surface area contributed by atoms with E-state index in [2.05, 4.69) is 4.98 Å². The highest BCUT2D eigenvalue weighted by atomic mass is 35.5. The predicted molar refractivity (Wildman–Crippen MR) is 70.3 cm³/mol. The first kappa shape index (κ1) is 10.7. The third-order valence-electron chi connectivity index (χ3n) is 2.78. The van der Waals surface area contributed by atoms with Crippen molar-refractivity contribution in [2.75, 3.05) is 0 Å². The molecule has 84 valence electrons. The maximum absolute atomic E-state index is 6.09. The van der Waals surface area contributed by atoms with E-state index >= 15 is 0 Å². The van der Waals surface area contributed by atoms with Gasteiger partial charge in [-0.05, 0) is 31.4 Å². The van der Waals surface area contributed by atoms with Crippen molar-refractivity contribution in [3.8, 4) is 9.88 Å². The van der Waals surface area contributed by atoms with Gasteiger partial charge in [-0.15, -0.1) is 22.7 Å². The number of fused-ring (bicyclic) bond motifs is 1. The van der Waals surface area contributed by atoms with E-state index in [1.807, 2.05) is 12.1 Å². The molecule has 1 aliphatic rings. The highest BCUT2D eigenvalue weighted by Crippen LogP contribution is 2.39. The van der Waals surface area contributed by atoms with Crippen molar-refractivity contribution in [2.24, 2.45) is 5.73 Å². The number of aryl methyl sites for hydroxylation is 1. The molecule has 2 aromatic rings. The summed E-state index contributed by atoms with van der Waals surface area (Å²) in [6, 6.07) is 4.13. The Bertz CT molecular complexity index is 518. The van der Waals surface area contributed by atoms with Gasteiger partial charge in [0, 0.05) is 10.9 Å². The Hall–Kier alpha value is -0.420. The van der Waals surface area contributed by atoms with E-state index in [4.69, 9.17) is 17.3 Å². The average Bonchev–Trinajstić information content (AvgIpc) is 2.84. The van der Waals surface area contributed by atoms with Crippen LogP contribution in [0.5, 0.6) is 0 Å². The predicted octanol–water partition coefficient (Wildman–Crippen LogP) is 3.86. The summed E-state index contributed by atoms with van der Waals surface area (Å²) < 4.78 is 0.812. The van der Waals surface area contributed by atoms with E-state index in [0.717, 1.165) is 33.5 Å². The zero-order chi connectivity index (χ0) is 11.1. The molecule has 5 heteroatoms. The van der Waals surface area contributed by atoms with Crippen molar-refractivity contribution in [2.45, 2.75) is 25.3 Å². The van der Waals surface area contributed by atoms with E-state index in [0.29, 0.717) is 0 Å². The number of rotatable bonds is 1. The molecular formula is C11H11ClN2S2. The molecule has 0 aromatic carbocycles. The number of aromatic nitrogens is 1. The Kier molecular flexibility index (Phi) is 2.75. The lowest BCUT2D eigenvalue weighted by Crippen LogP contribution is -2.15. The van der Waals surface area contributed by atoms with Crippen molar-refractivity contribution in [3.05, 3.63) is 27.0 Å². The molecule has 0 aliphatic heterocycles. The lowest BCUT2D eigenvalue weighted by Gasteiger charge is -2.15. The molecule has 2 N–H and O–H groups in total. The highest BCUT2D eigenvalue weighted by molar-refractivity contribution is 7.23. The standard InChI is InChI=1S/C11H11ClN2S2/c12-9-5-4-8(15-9)11-14-7-3-1-2-6(13)10(7)16-11/h4-6H,1-3,13H2. The van der Waals surface area contributed by atoms with Gasteiger partial charge in [0.15, 0.2) is 0 Å². The van der Waals surface area contributed by atoms with Crippen molar-refractivity contribution >= 4 is 34.3 Å². The van der Waals surface area contributed by atoms with E-state index in [-0.39, 0.29) is 6.04 Å². The third-order valence-corrected chi connectivity index (χ3v) is 5.41. The van der Waals surface area contributed by atoms with Crippen molar-refractivity contribution < 1.29 is 0 Å². The largest absolute Gasteiger partial charge is 0.323 e. The Balaban J connectivity index is 2.04. The van der Waals surface area contributed by atoms with Crippen molar-refractivity contribution in [1.29, 1.82) is 0 Å². The zero-order valence-electron chi connectivity index (χ0n) is 8.57. The number of hydrogen-bond acceptors (Lipinski definition) is 4. The molecular weight excluding hydrogens is 260 g/mol. The fraction of sp³-hybridized carbons (Fsp3) is 0.364. The number of halogens is 1. The monoisotopic (exact) mass is 270 g/mol. The maximum Gasteiger partial charge on any atom is 0.134 e. The quantitative estimate of drug-likeness (QED) is 0.855. The van der Waals surface area contributed by atoms with Crippen LogP contribution in [-0.2, 0) is 6.42 Å². The molecule has 0 spiro atoms. The van der Waals surface area contributed by atoms with E-state index in [9.17, 15) is 0 Å². The number of hydrogen-bond donors (Lipinski definition) is 1. The SMILES string of the molecule is NC1CCCc2nc(-c3ccc(Cl)s3)sc21. The van der Waals surface area contributed by atoms with Crippen LogP contribution in [0, 0.1) is 0 Å². The first-order valence-electron chi connectivity index (χ1n) is 5.25. The van der Waals surface area contributed by atoms with Crippen LogP contribution in [0.25, 0.3) is 9.88 Å². The maximum atomic E-state index is 6.09. The molecule has 0 bridgehead atoms. The summed E-state index contributed by atoms with van der Waals surface area (Å²) in [6.45, 7) is 0. The summed E-state index contributed by atoms with van der Waals surface area (Å²) in [6.07, 6.45) is 3.31. The van der Waals surface area contributed by atoms with Crippen LogP contribution >= 0.6 is 34.3 Å². The highest BCUT2D eigenvalue weighted by Gasteiger charge is 2.22. The van der Waals surface area contributed by atoms with Crippen LogP contribution in [0.15, 0.2) is 12.1 Å². The molecule has 2 nitrogen and oxygen atoms in total. The molecule has 0 radical (unpaired) electrons. The van der Waals surface area contributed by atoms with Crippen LogP contribution in [0.1, 0.15) is 29.5 Å². The Labute approximate surface area is 107 Å². The second-order valence-electron chi connectivity index (χ2n) is 3.93. The van der Waals surface area contributed by atoms with Crippen LogP contribution in [0.3, 0.4) is 0 Å². The third kappa shape index (κ3) is 1.80. The van der Waals surface area contributed by atoms with Crippen LogP contribution in [0.4, 0.5) is 0 Å². The molecule has 1 unspecified atom stereocenters. The van der Waals surface area contributed by atoms with Gasteiger partial charge in [-0.25, -0.2) is 4.98 Å². The van der Waals surface area contributed by atoms with E-state index < -0.39 is 0 Å². The average molecular weight is 271 g/mol. The fourth-order valence-corrected chi connectivity index (χ4v) is 4.23. The lowest BCUT2D eigenvalue weighted by atomic mass is 9.99. The number of nitrogens with two attached hydrogens (primary N) is 1. The number of thiazole rings is 1. The Morgan fingerprint density at radius 2 is 2.25 bits per heavy atom.